The summed E-state index contributed by atoms with van der Waals surface area (Å²) in [5.41, 5.74) is 0. The molecule has 0 aliphatic carbocycles. The van der Waals surface area contributed by atoms with Gasteiger partial charge < -0.3 is 0 Å². The number of aliphatic hydroxyl groups excluding tert-OH is 1. The van der Waals surface area contributed by atoms with Crippen LogP contribution in [0.15, 0.2) is 21.7 Å². The van der Waals surface area contributed by atoms with Crippen LogP contribution in [0.2, 0.25) is 4.13 Å². The number of hydrogen-bond acceptors (Lipinski definition) is 2. The number of hydrogen-bond donors (Lipinski definition) is 2. The number of allylic oxidation sites excluding steroid dienone is 2. The Labute approximate surface area is 56.4 Å². The molecule has 8 heavy (non-hydrogen) atoms. The summed E-state index contributed by atoms with van der Waals surface area (Å²) in [5, 5.41) is 8.72. The summed E-state index contributed by atoms with van der Waals surface area (Å²) in [4.78, 5) is 0. The fraction of sp³-hybridized carbons (Fsp3) is 0.200. The summed E-state index contributed by atoms with van der Waals surface area (Å²) in [6.45, 7) is 0. The Hall–Kier alpha value is 0.123. The fourth-order valence-electron chi connectivity index (χ4n) is 0.478. The van der Waals surface area contributed by atoms with E-state index in [1.54, 1.807) is 15.9 Å². The van der Waals surface area contributed by atoms with E-state index in [-0.39, 0.29) is 0 Å². The molecule has 0 aromatic heterocycles. The van der Waals surface area contributed by atoms with Gasteiger partial charge in [-0.2, -0.15) is 0 Å². The quantitative estimate of drug-likeness (QED) is 0.641. The summed E-state index contributed by atoms with van der Waals surface area (Å²) >= 11 is -2.09. The van der Waals surface area contributed by atoms with Crippen molar-refractivity contribution in [1.29, 1.82) is 0 Å². The average molecular weight is 308 g/mol. The van der Waals surface area contributed by atoms with E-state index >= 15 is 0 Å². The minimum atomic E-state index is -2.09. The maximum absolute atomic E-state index is 8.99. The molecule has 0 aromatic rings. The van der Waals surface area contributed by atoms with Gasteiger partial charge >= 0.3 is 56.3 Å². The first-order valence-electron chi connectivity index (χ1n) is 2.32. The monoisotopic (exact) mass is 308 g/mol. The van der Waals surface area contributed by atoms with Crippen molar-refractivity contribution < 1.29 is 8.29 Å². The molecule has 44 valence electrons. The molecule has 1 aliphatic heterocycles. The molecule has 0 radical (unpaired) electrons. The molecule has 0 spiro atoms. The van der Waals surface area contributed by atoms with Gasteiger partial charge in [-0.3, -0.25) is 0 Å². The molecule has 0 amide bonds. The van der Waals surface area contributed by atoms with Crippen LogP contribution >= 0.6 is 0 Å². The second-order valence-corrected chi connectivity index (χ2v) is 7.56. The van der Waals surface area contributed by atoms with E-state index in [2.05, 4.69) is 0 Å². The van der Waals surface area contributed by atoms with Crippen LogP contribution in [0, 0.1) is 0 Å². The Morgan fingerprint density at radius 3 is 2.75 bits per heavy atom. The molecule has 1 heterocycles. The standard InChI is InChI=1S/C5H6O.Bi.H2O/c1-3-5(6)4-2;;/h1,3-4,6H,2H2;;1H2/q;+1;/p-1. The van der Waals surface area contributed by atoms with Gasteiger partial charge in [0, 0.05) is 0 Å². The zero-order valence-electron chi connectivity index (χ0n) is 4.28. The number of rotatable bonds is 0. The SMILES string of the molecule is OC1=C[CH2][Bi]([OH])[CH]=C1. The van der Waals surface area contributed by atoms with Crippen molar-refractivity contribution in [2.24, 2.45) is 0 Å². The van der Waals surface area contributed by atoms with Gasteiger partial charge in [0.1, 0.15) is 0 Å². The average Bonchev–Trinajstić information content (AvgIpc) is 1.77. The van der Waals surface area contributed by atoms with Crippen molar-refractivity contribution >= 4 is 22.2 Å². The topological polar surface area (TPSA) is 40.5 Å². The predicted molar refractivity (Wildman–Crippen MR) is 32.6 cm³/mol. The molecule has 0 unspecified atom stereocenters. The van der Waals surface area contributed by atoms with Crippen LogP contribution < -0.4 is 0 Å². The summed E-state index contributed by atoms with van der Waals surface area (Å²) < 4.78 is 11.5. The molecule has 1 rings (SSSR count). The molecule has 0 atom stereocenters. The second kappa shape index (κ2) is 2.61. The third kappa shape index (κ3) is 1.57. The van der Waals surface area contributed by atoms with Gasteiger partial charge in [0.05, 0.1) is 0 Å². The Balaban J connectivity index is 2.58. The van der Waals surface area contributed by atoms with Crippen molar-refractivity contribution in [3.05, 3.63) is 21.7 Å². The summed E-state index contributed by atoms with van der Waals surface area (Å²) in [6.07, 6.45) is 3.26. The van der Waals surface area contributed by atoms with Gasteiger partial charge in [-0.1, -0.05) is 0 Å². The third-order valence-corrected chi connectivity index (χ3v) is 4.99. The molecule has 1 aliphatic rings. The van der Waals surface area contributed by atoms with E-state index in [4.69, 9.17) is 8.29 Å². The Morgan fingerprint density at radius 1 is 1.62 bits per heavy atom. The van der Waals surface area contributed by atoms with Gasteiger partial charge in [0.25, 0.3) is 0 Å². The van der Waals surface area contributed by atoms with Gasteiger partial charge in [-0.25, -0.2) is 0 Å². The van der Waals surface area contributed by atoms with Crippen molar-refractivity contribution in [2.45, 2.75) is 4.13 Å². The van der Waals surface area contributed by atoms with Gasteiger partial charge in [0.2, 0.25) is 0 Å². The van der Waals surface area contributed by atoms with Crippen molar-refractivity contribution in [3.63, 3.8) is 0 Å². The van der Waals surface area contributed by atoms with Crippen molar-refractivity contribution in [3.8, 4) is 0 Å². The van der Waals surface area contributed by atoms with E-state index in [1.807, 2.05) is 0 Å². The van der Waals surface area contributed by atoms with Crippen LogP contribution in [-0.2, 0) is 0 Å². The molecule has 0 saturated heterocycles. The fourth-order valence-corrected chi connectivity index (χ4v) is 3.67. The molecule has 2 nitrogen and oxygen atoms in total. The summed E-state index contributed by atoms with van der Waals surface area (Å²) in [6, 6.07) is 0. The summed E-state index contributed by atoms with van der Waals surface area (Å²) in [7, 11) is 0. The Bertz CT molecular complexity index is 139. The molecule has 0 fully saturated rings. The molecule has 3 heteroatoms. The summed E-state index contributed by atoms with van der Waals surface area (Å²) in [5.74, 6) is 0.297. The second-order valence-electron chi connectivity index (χ2n) is 1.57. The van der Waals surface area contributed by atoms with E-state index < -0.39 is 22.2 Å². The van der Waals surface area contributed by atoms with Gasteiger partial charge in [-0.15, -0.1) is 0 Å². The normalized spacial score (nSPS) is 20.9. The van der Waals surface area contributed by atoms with E-state index in [0.29, 0.717) is 5.76 Å². The first-order valence-corrected chi connectivity index (χ1v) is 8.34. The Kier molecular flexibility index (Phi) is 2.03. The maximum atomic E-state index is 8.99. The van der Waals surface area contributed by atoms with Crippen LogP contribution in [0.4, 0.5) is 0 Å². The molecule has 2 N–H and O–H groups in total. The molecule has 0 saturated carbocycles. The van der Waals surface area contributed by atoms with Crippen molar-refractivity contribution in [1.82, 2.24) is 0 Å². The molecule has 0 bridgehead atoms. The third-order valence-electron chi connectivity index (χ3n) is 0.905. The predicted octanol–water partition coefficient (Wildman–Crippen LogP) is 0.521. The molecular formula is C5H7BiO2. The molecule has 0 aromatic carbocycles. The van der Waals surface area contributed by atoms with Crippen LogP contribution in [-0.4, -0.2) is 30.5 Å². The van der Waals surface area contributed by atoms with Crippen LogP contribution in [0.3, 0.4) is 0 Å². The first-order chi connectivity index (χ1) is 3.79. The van der Waals surface area contributed by atoms with E-state index in [0.717, 1.165) is 4.13 Å². The van der Waals surface area contributed by atoms with Crippen LogP contribution in [0.1, 0.15) is 0 Å². The zero-order valence-corrected chi connectivity index (χ0v) is 7.76. The minimum absolute atomic E-state index is 0.297. The van der Waals surface area contributed by atoms with Crippen LogP contribution in [0.5, 0.6) is 0 Å². The zero-order chi connectivity index (χ0) is 5.98. The van der Waals surface area contributed by atoms with Crippen molar-refractivity contribution in [2.75, 3.05) is 0 Å². The van der Waals surface area contributed by atoms with Crippen LogP contribution in [0.25, 0.3) is 0 Å². The number of aliphatic hydroxyl groups is 1. The Morgan fingerprint density at radius 2 is 2.38 bits per heavy atom. The van der Waals surface area contributed by atoms with E-state index in [1.165, 1.54) is 0 Å². The van der Waals surface area contributed by atoms with Gasteiger partial charge in [0.15, 0.2) is 0 Å². The first kappa shape index (κ1) is 6.25. The molecular weight excluding hydrogens is 301 g/mol. The van der Waals surface area contributed by atoms with Gasteiger partial charge in [-0.05, 0) is 0 Å². The van der Waals surface area contributed by atoms with E-state index in [9.17, 15) is 0 Å².